The van der Waals surface area contributed by atoms with Crippen LogP contribution in [-0.2, 0) is 0 Å². The van der Waals surface area contributed by atoms with Crippen molar-refractivity contribution in [2.45, 2.75) is 17.0 Å². The molecule has 7 heteroatoms. The quantitative estimate of drug-likeness (QED) is 0.724. The third-order valence-corrected chi connectivity index (χ3v) is 4.11. The highest BCUT2D eigenvalue weighted by atomic mass is 32.2. The number of nitrogens with two attached hydrogens (primary N) is 1. The number of thiophene rings is 1. The van der Waals surface area contributed by atoms with Crippen LogP contribution in [0.2, 0.25) is 0 Å². The Balaban J connectivity index is 2.10. The van der Waals surface area contributed by atoms with Crippen molar-refractivity contribution in [1.82, 2.24) is 19.9 Å². The maximum Gasteiger partial charge on any atom is 0.222 e. The van der Waals surface area contributed by atoms with Crippen molar-refractivity contribution in [1.29, 1.82) is 0 Å². The van der Waals surface area contributed by atoms with Crippen LogP contribution in [0.25, 0.3) is 10.2 Å². The maximum atomic E-state index is 5.72. The molecule has 0 fully saturated rings. The first-order valence-electron chi connectivity index (χ1n) is 5.20. The fraction of sp³-hybridized carbons (Fsp3) is 0.0909. The van der Waals surface area contributed by atoms with Crippen LogP contribution in [0.15, 0.2) is 34.7 Å². The highest BCUT2D eigenvalue weighted by Gasteiger charge is 2.11. The van der Waals surface area contributed by atoms with E-state index >= 15 is 0 Å². The van der Waals surface area contributed by atoms with Crippen molar-refractivity contribution in [3.05, 3.63) is 29.5 Å². The summed E-state index contributed by atoms with van der Waals surface area (Å²) in [5.74, 6) is 0.288. The van der Waals surface area contributed by atoms with Crippen LogP contribution in [0.4, 0.5) is 5.95 Å². The second-order valence-corrected chi connectivity index (χ2v) is 5.85. The van der Waals surface area contributed by atoms with Crippen LogP contribution in [-0.4, -0.2) is 19.9 Å². The molecule has 3 aromatic heterocycles. The minimum absolute atomic E-state index is 0.288. The van der Waals surface area contributed by atoms with E-state index in [1.54, 1.807) is 29.9 Å². The number of aromatic nitrogens is 4. The van der Waals surface area contributed by atoms with Crippen LogP contribution in [0.5, 0.6) is 0 Å². The molecule has 0 atom stereocenters. The highest BCUT2D eigenvalue weighted by Crippen LogP contribution is 2.34. The molecule has 0 saturated carbocycles. The summed E-state index contributed by atoms with van der Waals surface area (Å²) in [7, 11) is 0. The molecule has 0 aromatic carbocycles. The van der Waals surface area contributed by atoms with Gasteiger partial charge in [-0.3, -0.25) is 4.98 Å². The SMILES string of the molecule is Cc1cc2c(Sc3cnccn3)nc(N)nc2s1. The second-order valence-electron chi connectivity index (χ2n) is 3.61. The summed E-state index contributed by atoms with van der Waals surface area (Å²) in [4.78, 5) is 18.9. The Morgan fingerprint density at radius 1 is 1.28 bits per heavy atom. The van der Waals surface area contributed by atoms with Gasteiger partial charge in [-0.15, -0.1) is 11.3 Å². The van der Waals surface area contributed by atoms with Gasteiger partial charge in [0.15, 0.2) is 0 Å². The van der Waals surface area contributed by atoms with Crippen LogP contribution in [0, 0.1) is 6.92 Å². The van der Waals surface area contributed by atoms with Gasteiger partial charge < -0.3 is 5.73 Å². The molecular weight excluding hydrogens is 266 g/mol. The molecule has 3 heterocycles. The second kappa shape index (κ2) is 4.51. The predicted octanol–water partition coefficient (Wildman–Crippen LogP) is 2.52. The van der Waals surface area contributed by atoms with Crippen molar-refractivity contribution in [3.8, 4) is 0 Å². The lowest BCUT2D eigenvalue weighted by Gasteiger charge is -2.01. The largest absolute Gasteiger partial charge is 0.368 e. The van der Waals surface area contributed by atoms with Crippen molar-refractivity contribution in [2.75, 3.05) is 5.73 Å². The number of fused-ring (bicyclic) bond motifs is 1. The molecule has 5 nitrogen and oxygen atoms in total. The van der Waals surface area contributed by atoms with E-state index in [0.29, 0.717) is 0 Å². The number of aryl methyl sites for hydroxylation is 1. The highest BCUT2D eigenvalue weighted by molar-refractivity contribution is 7.99. The summed E-state index contributed by atoms with van der Waals surface area (Å²) in [5.41, 5.74) is 5.72. The minimum atomic E-state index is 0.288. The molecule has 0 unspecified atom stereocenters. The van der Waals surface area contributed by atoms with E-state index in [-0.39, 0.29) is 5.95 Å². The molecule has 0 saturated heterocycles. The van der Waals surface area contributed by atoms with E-state index < -0.39 is 0 Å². The van der Waals surface area contributed by atoms with Crippen molar-refractivity contribution < 1.29 is 0 Å². The number of anilines is 1. The van der Waals surface area contributed by atoms with Gasteiger partial charge in [0, 0.05) is 22.7 Å². The molecule has 3 rings (SSSR count). The molecule has 3 aromatic rings. The van der Waals surface area contributed by atoms with E-state index in [1.165, 1.54) is 16.6 Å². The first-order chi connectivity index (χ1) is 8.72. The van der Waals surface area contributed by atoms with Gasteiger partial charge >= 0.3 is 0 Å². The summed E-state index contributed by atoms with van der Waals surface area (Å²) in [5, 5.41) is 2.63. The zero-order valence-corrected chi connectivity index (χ0v) is 11.1. The zero-order chi connectivity index (χ0) is 12.5. The average molecular weight is 275 g/mol. The molecule has 0 aliphatic rings. The summed E-state index contributed by atoms with van der Waals surface area (Å²) in [6.45, 7) is 2.04. The van der Waals surface area contributed by atoms with E-state index in [9.17, 15) is 0 Å². The summed E-state index contributed by atoms with van der Waals surface area (Å²) in [6.07, 6.45) is 5.00. The number of hydrogen-bond donors (Lipinski definition) is 1. The molecule has 0 bridgehead atoms. The molecule has 0 spiro atoms. The Bertz CT molecular complexity index is 695. The van der Waals surface area contributed by atoms with Gasteiger partial charge in [-0.2, -0.15) is 0 Å². The molecule has 0 amide bonds. The normalized spacial score (nSPS) is 10.9. The summed E-state index contributed by atoms with van der Waals surface area (Å²) >= 11 is 3.06. The van der Waals surface area contributed by atoms with Crippen LogP contribution in [0.3, 0.4) is 0 Å². The van der Waals surface area contributed by atoms with Gasteiger partial charge in [0.25, 0.3) is 0 Å². The van der Waals surface area contributed by atoms with Gasteiger partial charge in [-0.05, 0) is 24.8 Å². The third-order valence-electron chi connectivity index (χ3n) is 2.24. The maximum absolute atomic E-state index is 5.72. The van der Waals surface area contributed by atoms with Gasteiger partial charge in [-0.25, -0.2) is 15.0 Å². The Kier molecular flexibility index (Phi) is 2.85. The van der Waals surface area contributed by atoms with Crippen LogP contribution < -0.4 is 5.73 Å². The third kappa shape index (κ3) is 2.14. The van der Waals surface area contributed by atoms with Gasteiger partial charge in [0.1, 0.15) is 14.9 Å². The van der Waals surface area contributed by atoms with E-state index in [1.807, 2.05) is 6.92 Å². The van der Waals surface area contributed by atoms with Crippen molar-refractivity contribution >= 4 is 39.3 Å². The minimum Gasteiger partial charge on any atom is -0.368 e. The fourth-order valence-corrected chi connectivity index (χ4v) is 3.33. The molecule has 0 aliphatic carbocycles. The van der Waals surface area contributed by atoms with E-state index in [4.69, 9.17) is 5.73 Å². The van der Waals surface area contributed by atoms with Crippen LogP contribution >= 0.6 is 23.1 Å². The van der Waals surface area contributed by atoms with Gasteiger partial charge in [0.05, 0.1) is 6.20 Å². The Morgan fingerprint density at radius 2 is 2.17 bits per heavy atom. The Morgan fingerprint density at radius 3 is 2.94 bits per heavy atom. The van der Waals surface area contributed by atoms with Gasteiger partial charge in [0.2, 0.25) is 5.95 Å². The molecule has 90 valence electrons. The predicted molar refractivity (Wildman–Crippen MR) is 72.7 cm³/mol. The molecule has 0 radical (unpaired) electrons. The number of nitrogen functional groups attached to an aromatic ring is 1. The van der Waals surface area contributed by atoms with Crippen LogP contribution in [0.1, 0.15) is 4.88 Å². The average Bonchev–Trinajstić information content (AvgIpc) is 2.71. The van der Waals surface area contributed by atoms with E-state index in [2.05, 4.69) is 26.0 Å². The van der Waals surface area contributed by atoms with Gasteiger partial charge in [-0.1, -0.05) is 0 Å². The molecular formula is C11H9N5S2. The lowest BCUT2D eigenvalue weighted by molar-refractivity contribution is 1.04. The smallest absolute Gasteiger partial charge is 0.222 e. The zero-order valence-electron chi connectivity index (χ0n) is 9.49. The topological polar surface area (TPSA) is 77.6 Å². The number of nitrogens with zero attached hydrogens (tertiary/aromatic N) is 4. The van der Waals surface area contributed by atoms with E-state index in [0.717, 1.165) is 20.3 Å². The number of rotatable bonds is 2. The standard InChI is InChI=1S/C11H9N5S2/c1-6-4-7-9(17-6)15-11(12)16-10(7)18-8-5-13-2-3-14-8/h2-5H,1H3,(H2,12,15,16). The molecule has 2 N–H and O–H groups in total. The molecule has 0 aliphatic heterocycles. The monoisotopic (exact) mass is 275 g/mol. The summed E-state index contributed by atoms with van der Waals surface area (Å²) in [6, 6.07) is 2.07. The van der Waals surface area contributed by atoms with Crippen molar-refractivity contribution in [2.24, 2.45) is 0 Å². The lowest BCUT2D eigenvalue weighted by Crippen LogP contribution is -1.95. The lowest BCUT2D eigenvalue weighted by atomic mass is 10.4. The first kappa shape index (κ1) is 11.4. The molecule has 18 heavy (non-hydrogen) atoms. The number of hydrogen-bond acceptors (Lipinski definition) is 7. The first-order valence-corrected chi connectivity index (χ1v) is 6.83. The Labute approximate surface area is 112 Å². The van der Waals surface area contributed by atoms with Crippen molar-refractivity contribution in [3.63, 3.8) is 0 Å². The summed E-state index contributed by atoms with van der Waals surface area (Å²) < 4.78 is 0. The Hall–Kier alpha value is -1.73. The fourth-order valence-electron chi connectivity index (χ4n) is 1.55.